The molecule has 0 saturated heterocycles. The molecule has 0 aliphatic carbocycles. The first-order chi connectivity index (χ1) is 11.5. The summed E-state index contributed by atoms with van der Waals surface area (Å²) in [5, 5.41) is 20.5. The van der Waals surface area contributed by atoms with E-state index in [1.807, 2.05) is 6.07 Å². The van der Waals surface area contributed by atoms with Gasteiger partial charge in [0.15, 0.2) is 11.6 Å². The average molecular weight is 333 g/mol. The highest BCUT2D eigenvalue weighted by Gasteiger charge is 2.21. The van der Waals surface area contributed by atoms with E-state index in [2.05, 4.69) is 5.32 Å². The lowest BCUT2D eigenvalue weighted by atomic mass is 10.1. The highest BCUT2D eigenvalue weighted by molar-refractivity contribution is 5.80. The van der Waals surface area contributed by atoms with Crippen molar-refractivity contribution in [2.24, 2.45) is 0 Å². The van der Waals surface area contributed by atoms with Crippen molar-refractivity contribution in [3.63, 3.8) is 0 Å². The van der Waals surface area contributed by atoms with Gasteiger partial charge in [-0.2, -0.15) is 0 Å². The van der Waals surface area contributed by atoms with E-state index in [0.29, 0.717) is 5.56 Å². The molecule has 0 fully saturated rings. The second-order valence-electron chi connectivity index (χ2n) is 5.09. The van der Waals surface area contributed by atoms with Crippen LogP contribution in [0.15, 0.2) is 48.5 Å². The third-order valence-electron chi connectivity index (χ3n) is 3.25. The van der Waals surface area contributed by atoms with Gasteiger partial charge in [-0.25, -0.2) is 14.0 Å². The molecule has 24 heavy (non-hydrogen) atoms. The Morgan fingerprint density at radius 3 is 2.46 bits per heavy atom. The number of phenolic OH excluding ortho intramolecular Hbond substituents is 1. The summed E-state index contributed by atoms with van der Waals surface area (Å²) >= 11 is 0. The van der Waals surface area contributed by atoms with E-state index in [0.717, 1.165) is 17.7 Å². The number of rotatable bonds is 6. The van der Waals surface area contributed by atoms with Gasteiger partial charge in [-0.05, 0) is 23.3 Å². The Kier molecular flexibility index (Phi) is 5.73. The number of nitrogens with one attached hydrogen (secondary N) is 1. The second-order valence-corrected chi connectivity index (χ2v) is 5.09. The predicted octanol–water partition coefficient (Wildman–Crippen LogP) is 2.45. The normalized spacial score (nSPS) is 11.5. The summed E-state index contributed by atoms with van der Waals surface area (Å²) in [5.41, 5.74) is 1.08. The smallest absolute Gasteiger partial charge is 0.408 e. The molecular formula is C17H16FNO5. The zero-order chi connectivity index (χ0) is 17.5. The molecule has 1 atom stereocenters. The van der Waals surface area contributed by atoms with Gasteiger partial charge in [0.1, 0.15) is 12.6 Å². The fraction of sp³-hybridized carbons (Fsp3) is 0.176. The molecule has 0 aliphatic rings. The molecular weight excluding hydrogens is 317 g/mol. The van der Waals surface area contributed by atoms with E-state index in [4.69, 9.17) is 9.84 Å². The zero-order valence-electron chi connectivity index (χ0n) is 12.6. The fourth-order valence-corrected chi connectivity index (χ4v) is 2.02. The summed E-state index contributed by atoms with van der Waals surface area (Å²) in [6.07, 6.45) is -1.03. The number of aliphatic carboxylic acids is 1. The minimum atomic E-state index is -1.28. The van der Waals surface area contributed by atoms with Crippen molar-refractivity contribution in [1.82, 2.24) is 5.32 Å². The molecule has 0 bridgehead atoms. The highest BCUT2D eigenvalue weighted by atomic mass is 19.1. The van der Waals surface area contributed by atoms with Crippen molar-refractivity contribution < 1.29 is 28.9 Å². The van der Waals surface area contributed by atoms with Gasteiger partial charge in [-0.1, -0.05) is 36.4 Å². The molecule has 3 N–H and O–H groups in total. The van der Waals surface area contributed by atoms with Gasteiger partial charge < -0.3 is 20.3 Å². The summed E-state index contributed by atoms with van der Waals surface area (Å²) in [4.78, 5) is 23.0. The third kappa shape index (κ3) is 4.98. The van der Waals surface area contributed by atoms with Crippen LogP contribution in [0.4, 0.5) is 9.18 Å². The van der Waals surface area contributed by atoms with Crippen LogP contribution in [0.1, 0.15) is 11.1 Å². The lowest BCUT2D eigenvalue weighted by molar-refractivity contribution is -0.139. The number of hydrogen-bond acceptors (Lipinski definition) is 4. The molecule has 0 spiro atoms. The summed E-state index contributed by atoms with van der Waals surface area (Å²) in [6, 6.07) is 11.2. The number of carboxylic acids is 1. The Balaban J connectivity index is 1.93. The molecule has 0 aliphatic heterocycles. The number of benzene rings is 2. The number of ether oxygens (including phenoxy) is 1. The molecule has 126 valence electrons. The maximum atomic E-state index is 13.3. The lowest BCUT2D eigenvalue weighted by Gasteiger charge is -2.15. The minimum Gasteiger partial charge on any atom is -0.505 e. The van der Waals surface area contributed by atoms with Crippen LogP contribution in [0.5, 0.6) is 5.75 Å². The van der Waals surface area contributed by atoms with Gasteiger partial charge in [-0.3, -0.25) is 0 Å². The average Bonchev–Trinajstić information content (AvgIpc) is 2.56. The number of halogens is 1. The van der Waals surface area contributed by atoms with Crippen LogP contribution in [-0.4, -0.2) is 28.3 Å². The molecule has 0 heterocycles. The molecule has 0 saturated carbocycles. The Bertz CT molecular complexity index is 720. The Labute approximate surface area is 137 Å². The van der Waals surface area contributed by atoms with Gasteiger partial charge in [0, 0.05) is 6.42 Å². The molecule has 0 aromatic heterocycles. The second kappa shape index (κ2) is 7.96. The van der Waals surface area contributed by atoms with Crippen LogP contribution >= 0.6 is 0 Å². The molecule has 2 aromatic rings. The van der Waals surface area contributed by atoms with Crippen molar-refractivity contribution in [2.75, 3.05) is 0 Å². The van der Waals surface area contributed by atoms with Crippen LogP contribution < -0.4 is 5.32 Å². The van der Waals surface area contributed by atoms with Crippen LogP contribution in [0.2, 0.25) is 0 Å². The van der Waals surface area contributed by atoms with Crippen molar-refractivity contribution in [2.45, 2.75) is 19.1 Å². The Hall–Kier alpha value is -3.09. The number of amides is 1. The fourth-order valence-electron chi connectivity index (χ4n) is 2.02. The third-order valence-corrected chi connectivity index (χ3v) is 3.25. The maximum absolute atomic E-state index is 13.3. The summed E-state index contributed by atoms with van der Waals surface area (Å²) in [6.45, 7) is 0.00680. The number of hydrogen-bond donors (Lipinski definition) is 3. The minimum absolute atomic E-state index is 0.00680. The number of carbonyl (C=O) groups is 2. The molecule has 0 radical (unpaired) electrons. The Morgan fingerprint density at radius 1 is 1.12 bits per heavy atom. The standard InChI is InChI=1S/C17H16FNO5/c18-13-8-12(6-7-15(13)20)9-14(16(21)22)19-17(23)24-10-11-4-2-1-3-5-11/h1-8,14,20H,9-10H2,(H,19,23)(H,21,22)/t14-/m0/s1. The van der Waals surface area contributed by atoms with Gasteiger partial charge >= 0.3 is 12.1 Å². The van der Waals surface area contributed by atoms with Gasteiger partial charge in [0.05, 0.1) is 0 Å². The monoisotopic (exact) mass is 333 g/mol. The number of carboxylic acid groups (broad SMARTS) is 1. The van der Waals surface area contributed by atoms with Crippen LogP contribution in [0.3, 0.4) is 0 Å². The van der Waals surface area contributed by atoms with Crippen molar-refractivity contribution in [1.29, 1.82) is 0 Å². The molecule has 2 rings (SSSR count). The number of aromatic hydroxyl groups is 1. The molecule has 0 unspecified atom stereocenters. The van der Waals surface area contributed by atoms with Crippen LogP contribution in [0.25, 0.3) is 0 Å². The number of carbonyl (C=O) groups excluding carboxylic acids is 1. The summed E-state index contributed by atoms with van der Waals surface area (Å²) in [7, 11) is 0. The summed E-state index contributed by atoms with van der Waals surface area (Å²) < 4.78 is 18.3. The highest BCUT2D eigenvalue weighted by Crippen LogP contribution is 2.17. The molecule has 6 nitrogen and oxygen atoms in total. The first-order valence-corrected chi connectivity index (χ1v) is 7.13. The van der Waals surface area contributed by atoms with Crippen molar-refractivity contribution in [3.8, 4) is 5.75 Å². The van der Waals surface area contributed by atoms with Gasteiger partial charge in [0.2, 0.25) is 0 Å². The first kappa shape index (κ1) is 17.3. The van der Waals surface area contributed by atoms with E-state index in [-0.39, 0.29) is 13.0 Å². The SMILES string of the molecule is O=C(N[C@@H](Cc1ccc(O)c(F)c1)C(=O)O)OCc1ccccc1. The van der Waals surface area contributed by atoms with E-state index in [1.54, 1.807) is 24.3 Å². The van der Waals surface area contributed by atoms with Crippen LogP contribution in [-0.2, 0) is 22.6 Å². The van der Waals surface area contributed by atoms with Crippen molar-refractivity contribution in [3.05, 3.63) is 65.5 Å². The van der Waals surface area contributed by atoms with Crippen LogP contribution in [0, 0.1) is 5.82 Å². The topological polar surface area (TPSA) is 95.9 Å². The largest absolute Gasteiger partial charge is 0.505 e. The lowest BCUT2D eigenvalue weighted by Crippen LogP contribution is -2.42. The van der Waals surface area contributed by atoms with E-state index in [9.17, 15) is 19.1 Å². The molecule has 7 heteroatoms. The quantitative estimate of drug-likeness (QED) is 0.755. The van der Waals surface area contributed by atoms with E-state index < -0.39 is 29.7 Å². The molecule has 1 amide bonds. The van der Waals surface area contributed by atoms with Crippen molar-refractivity contribution >= 4 is 12.1 Å². The number of phenols is 1. The van der Waals surface area contributed by atoms with Gasteiger partial charge in [-0.15, -0.1) is 0 Å². The predicted molar refractivity (Wildman–Crippen MR) is 83.0 cm³/mol. The molecule has 2 aromatic carbocycles. The maximum Gasteiger partial charge on any atom is 0.408 e. The Morgan fingerprint density at radius 2 is 1.83 bits per heavy atom. The zero-order valence-corrected chi connectivity index (χ0v) is 12.6. The van der Waals surface area contributed by atoms with E-state index in [1.165, 1.54) is 6.07 Å². The first-order valence-electron chi connectivity index (χ1n) is 7.13. The summed E-state index contributed by atoms with van der Waals surface area (Å²) in [5.74, 6) is -2.66. The van der Waals surface area contributed by atoms with Gasteiger partial charge in [0.25, 0.3) is 0 Å². The number of alkyl carbamates (subject to hydrolysis) is 1. The van der Waals surface area contributed by atoms with E-state index >= 15 is 0 Å².